The fourth-order valence-corrected chi connectivity index (χ4v) is 4.69. The van der Waals surface area contributed by atoms with Crippen LogP contribution < -0.4 is 4.72 Å². The molecule has 12 heteroatoms. The Bertz CT molecular complexity index is 938. The number of aromatic nitrogens is 3. The Morgan fingerprint density at radius 3 is 2.85 bits per heavy atom. The van der Waals surface area contributed by atoms with Crippen LogP contribution >= 0.6 is 11.8 Å². The lowest BCUT2D eigenvalue weighted by atomic mass is 10.2. The predicted molar refractivity (Wildman–Crippen MR) is 97.0 cm³/mol. The molecule has 0 amide bonds. The van der Waals surface area contributed by atoms with Crippen LogP contribution in [0.25, 0.3) is 0 Å². The van der Waals surface area contributed by atoms with Crippen molar-refractivity contribution < 1.29 is 18.1 Å². The summed E-state index contributed by atoms with van der Waals surface area (Å²) >= 11 is 0.989. The highest BCUT2D eigenvalue weighted by Crippen LogP contribution is 2.35. The molecule has 0 saturated carbocycles. The number of hydrogen-bond donors (Lipinski definition) is 2. The highest BCUT2D eigenvalue weighted by molar-refractivity contribution is 7.99. The molecule has 27 heavy (non-hydrogen) atoms. The first-order valence-electron chi connectivity index (χ1n) is 8.29. The van der Waals surface area contributed by atoms with Crippen molar-refractivity contribution in [2.24, 2.45) is 0 Å². The molecule has 0 aliphatic carbocycles. The van der Waals surface area contributed by atoms with Gasteiger partial charge in [0, 0.05) is 18.7 Å². The molecule has 0 spiro atoms. The second kappa shape index (κ2) is 7.92. The Morgan fingerprint density at radius 2 is 2.22 bits per heavy atom. The average Bonchev–Trinajstić information content (AvgIpc) is 3.24. The Labute approximate surface area is 160 Å². The number of sulfonamides is 1. The molecule has 1 aromatic carbocycles. The molecule has 146 valence electrons. The Balaban J connectivity index is 1.86. The molecule has 2 heterocycles. The third-order valence-electron chi connectivity index (χ3n) is 3.75. The summed E-state index contributed by atoms with van der Waals surface area (Å²) in [5.41, 5.74) is -0.324. The first-order valence-corrected chi connectivity index (χ1v) is 10.6. The summed E-state index contributed by atoms with van der Waals surface area (Å²) in [6.07, 6.45) is 1.64. The first-order chi connectivity index (χ1) is 12.8. The molecule has 1 saturated heterocycles. The molecule has 1 aliphatic heterocycles. The standard InChI is InChI=1S/C15H19N5O5S2/c1-9(2)19-27(23,24)10-5-6-13(11(8-10)20(21)22)26-15-16-14(17-18-15)12-4-3-7-25-12/h5-6,8-9,12,19H,3-4,7H2,1-2H3,(H,16,17,18). The van der Waals surface area contributed by atoms with Crippen LogP contribution in [0, 0.1) is 10.1 Å². The van der Waals surface area contributed by atoms with Crippen LogP contribution in [0.5, 0.6) is 0 Å². The van der Waals surface area contributed by atoms with Gasteiger partial charge in [-0.15, -0.1) is 5.10 Å². The third-order valence-corrected chi connectivity index (χ3v) is 6.33. The molecular formula is C15H19N5O5S2. The predicted octanol–water partition coefficient (Wildman–Crippen LogP) is 2.40. The van der Waals surface area contributed by atoms with Crippen LogP contribution in [0.2, 0.25) is 0 Å². The normalized spacial score (nSPS) is 17.5. The molecule has 1 aromatic heterocycles. The molecule has 1 fully saturated rings. The second-order valence-electron chi connectivity index (χ2n) is 6.27. The summed E-state index contributed by atoms with van der Waals surface area (Å²) in [5.74, 6) is 0.581. The van der Waals surface area contributed by atoms with Gasteiger partial charge >= 0.3 is 0 Å². The van der Waals surface area contributed by atoms with E-state index in [1.54, 1.807) is 13.8 Å². The molecule has 2 N–H and O–H groups in total. The molecule has 0 radical (unpaired) electrons. The molecule has 10 nitrogen and oxygen atoms in total. The van der Waals surface area contributed by atoms with Crippen LogP contribution in [0.3, 0.4) is 0 Å². The van der Waals surface area contributed by atoms with E-state index in [0.29, 0.717) is 17.6 Å². The fourth-order valence-electron chi connectivity index (χ4n) is 2.61. The van der Waals surface area contributed by atoms with Crippen molar-refractivity contribution in [3.8, 4) is 0 Å². The highest BCUT2D eigenvalue weighted by atomic mass is 32.2. The minimum Gasteiger partial charge on any atom is -0.370 e. The van der Waals surface area contributed by atoms with Gasteiger partial charge in [-0.25, -0.2) is 18.1 Å². The lowest BCUT2D eigenvalue weighted by Crippen LogP contribution is -2.30. The number of aromatic amines is 1. The van der Waals surface area contributed by atoms with E-state index in [2.05, 4.69) is 19.9 Å². The topological polar surface area (TPSA) is 140 Å². The summed E-state index contributed by atoms with van der Waals surface area (Å²) in [4.78, 5) is 15.2. The molecule has 1 atom stereocenters. The van der Waals surface area contributed by atoms with Gasteiger partial charge in [0.2, 0.25) is 15.2 Å². The number of hydrogen-bond acceptors (Lipinski definition) is 8. The van der Waals surface area contributed by atoms with Crippen LogP contribution in [-0.4, -0.2) is 41.2 Å². The summed E-state index contributed by atoms with van der Waals surface area (Å²) in [7, 11) is -3.83. The van der Waals surface area contributed by atoms with Crippen LogP contribution in [0.15, 0.2) is 33.1 Å². The minimum absolute atomic E-state index is 0.142. The summed E-state index contributed by atoms with van der Waals surface area (Å²) in [6.45, 7) is 4.01. The lowest BCUT2D eigenvalue weighted by Gasteiger charge is -2.10. The van der Waals surface area contributed by atoms with E-state index >= 15 is 0 Å². The highest BCUT2D eigenvalue weighted by Gasteiger charge is 2.25. The number of nitro groups is 1. The van der Waals surface area contributed by atoms with Crippen molar-refractivity contribution in [1.82, 2.24) is 19.9 Å². The number of nitro benzene ring substituents is 1. The van der Waals surface area contributed by atoms with E-state index in [1.165, 1.54) is 12.1 Å². The monoisotopic (exact) mass is 413 g/mol. The Kier molecular flexibility index (Phi) is 5.79. The lowest BCUT2D eigenvalue weighted by molar-refractivity contribution is -0.388. The number of benzene rings is 1. The van der Waals surface area contributed by atoms with Crippen LogP contribution in [0.4, 0.5) is 5.69 Å². The van der Waals surface area contributed by atoms with Crippen LogP contribution in [0.1, 0.15) is 38.6 Å². The zero-order valence-electron chi connectivity index (χ0n) is 14.7. The number of nitrogens with one attached hydrogen (secondary N) is 2. The SMILES string of the molecule is CC(C)NS(=O)(=O)c1ccc(Sc2n[nH]c(C3CCCO3)n2)c([N+](=O)[O-])c1. The number of H-pyrrole nitrogens is 1. The molecule has 1 aliphatic rings. The van der Waals surface area contributed by atoms with Crippen molar-refractivity contribution >= 4 is 27.5 Å². The molecule has 0 bridgehead atoms. The third kappa shape index (κ3) is 4.64. The van der Waals surface area contributed by atoms with Crippen molar-refractivity contribution in [3.63, 3.8) is 0 Å². The minimum atomic E-state index is -3.83. The first kappa shape index (κ1) is 19.7. The van der Waals surface area contributed by atoms with Gasteiger partial charge in [-0.3, -0.25) is 15.2 Å². The maximum Gasteiger partial charge on any atom is 0.284 e. The zero-order valence-corrected chi connectivity index (χ0v) is 16.3. The van der Waals surface area contributed by atoms with Gasteiger partial charge in [0.25, 0.3) is 5.69 Å². The van der Waals surface area contributed by atoms with E-state index in [-0.39, 0.29) is 27.6 Å². The van der Waals surface area contributed by atoms with Gasteiger partial charge in [0.05, 0.1) is 14.7 Å². The van der Waals surface area contributed by atoms with Crippen molar-refractivity contribution in [2.75, 3.05) is 6.61 Å². The van der Waals surface area contributed by atoms with E-state index in [4.69, 9.17) is 4.74 Å². The van der Waals surface area contributed by atoms with Gasteiger partial charge in [-0.05, 0) is 50.6 Å². The van der Waals surface area contributed by atoms with Gasteiger partial charge < -0.3 is 4.74 Å². The Hall–Kier alpha value is -2.02. The van der Waals surface area contributed by atoms with Crippen molar-refractivity contribution in [1.29, 1.82) is 0 Å². The number of ether oxygens (including phenoxy) is 1. The van der Waals surface area contributed by atoms with Gasteiger partial charge in [0.1, 0.15) is 6.10 Å². The molecular weight excluding hydrogens is 394 g/mol. The summed E-state index contributed by atoms with van der Waals surface area (Å²) in [6, 6.07) is 3.43. The van der Waals surface area contributed by atoms with Gasteiger partial charge in [0.15, 0.2) is 5.82 Å². The molecule has 3 rings (SSSR count). The van der Waals surface area contributed by atoms with E-state index < -0.39 is 14.9 Å². The number of rotatable bonds is 7. The van der Waals surface area contributed by atoms with Crippen LogP contribution in [-0.2, 0) is 14.8 Å². The van der Waals surface area contributed by atoms with Gasteiger partial charge in [-0.2, -0.15) is 0 Å². The van der Waals surface area contributed by atoms with Gasteiger partial charge in [-0.1, -0.05) is 0 Å². The maximum absolute atomic E-state index is 12.3. The summed E-state index contributed by atoms with van der Waals surface area (Å²) < 4.78 is 32.4. The molecule has 2 aromatic rings. The fraction of sp³-hybridized carbons (Fsp3) is 0.467. The second-order valence-corrected chi connectivity index (χ2v) is 8.99. The van der Waals surface area contributed by atoms with Crippen molar-refractivity contribution in [3.05, 3.63) is 34.1 Å². The maximum atomic E-state index is 12.3. The largest absolute Gasteiger partial charge is 0.370 e. The van der Waals surface area contributed by atoms with E-state index in [9.17, 15) is 18.5 Å². The summed E-state index contributed by atoms with van der Waals surface area (Å²) in [5, 5.41) is 18.6. The zero-order chi connectivity index (χ0) is 19.6. The van der Waals surface area contributed by atoms with Crippen molar-refractivity contribution in [2.45, 2.75) is 53.8 Å². The van der Waals surface area contributed by atoms with E-state index in [0.717, 1.165) is 30.7 Å². The molecule has 1 unspecified atom stereocenters. The average molecular weight is 413 g/mol. The Morgan fingerprint density at radius 1 is 1.44 bits per heavy atom. The van der Waals surface area contributed by atoms with E-state index in [1.807, 2.05) is 0 Å². The quantitative estimate of drug-likeness (QED) is 0.521. The smallest absolute Gasteiger partial charge is 0.284 e. The number of nitrogens with zero attached hydrogens (tertiary/aromatic N) is 3.